The van der Waals surface area contributed by atoms with Crippen LogP contribution >= 0.6 is 0 Å². The Balaban J connectivity index is 2.03. The van der Waals surface area contributed by atoms with Gasteiger partial charge in [0.2, 0.25) is 10.0 Å². The Hall–Kier alpha value is -1.69. The molecule has 4 nitrogen and oxygen atoms in total. The van der Waals surface area contributed by atoms with Gasteiger partial charge in [-0.15, -0.1) is 0 Å². The number of hydrogen-bond acceptors (Lipinski definition) is 3. The molecule has 0 bridgehead atoms. The van der Waals surface area contributed by atoms with Crippen LogP contribution in [0.4, 0.5) is 0 Å². The zero-order chi connectivity index (χ0) is 15.3. The third-order valence-electron chi connectivity index (χ3n) is 3.39. The molecule has 5 heteroatoms. The molecular weight excluding hydrogens is 284 g/mol. The molecule has 0 heterocycles. The van der Waals surface area contributed by atoms with Crippen molar-refractivity contribution >= 4 is 10.0 Å². The second-order valence-electron chi connectivity index (χ2n) is 4.93. The van der Waals surface area contributed by atoms with Crippen LogP contribution in [-0.2, 0) is 23.0 Å². The standard InChI is InChI=1S/C16H20N2O2S/c1-13-11-16(8-7-15(13)12-17)21(19,20)18-10-9-14-5-3-2-4-6-14/h2-8,11,18H,9-10,12,17H2,1H3. The number of nitrogens with two attached hydrogens (primary N) is 1. The first-order chi connectivity index (χ1) is 10.0. The fraction of sp³-hybridized carbons (Fsp3) is 0.250. The maximum absolute atomic E-state index is 12.2. The van der Waals surface area contributed by atoms with Crippen molar-refractivity contribution in [2.45, 2.75) is 24.8 Å². The average molecular weight is 304 g/mol. The lowest BCUT2D eigenvalue weighted by molar-refractivity contribution is 0.581. The molecule has 0 spiro atoms. The molecule has 0 saturated carbocycles. The van der Waals surface area contributed by atoms with Crippen LogP contribution in [0.2, 0.25) is 0 Å². The first kappa shape index (κ1) is 15.7. The van der Waals surface area contributed by atoms with Crippen LogP contribution in [0.15, 0.2) is 53.4 Å². The maximum Gasteiger partial charge on any atom is 0.240 e. The Morgan fingerprint density at radius 3 is 2.43 bits per heavy atom. The highest BCUT2D eigenvalue weighted by atomic mass is 32.2. The predicted octanol–water partition coefficient (Wildman–Crippen LogP) is 1.97. The summed E-state index contributed by atoms with van der Waals surface area (Å²) in [5, 5.41) is 0. The Morgan fingerprint density at radius 1 is 1.10 bits per heavy atom. The minimum atomic E-state index is -3.47. The molecule has 0 atom stereocenters. The van der Waals surface area contributed by atoms with Crippen LogP contribution in [0.1, 0.15) is 16.7 Å². The van der Waals surface area contributed by atoms with Crippen molar-refractivity contribution in [1.82, 2.24) is 4.72 Å². The van der Waals surface area contributed by atoms with Crippen LogP contribution in [0.5, 0.6) is 0 Å². The summed E-state index contributed by atoms with van der Waals surface area (Å²) >= 11 is 0. The lowest BCUT2D eigenvalue weighted by Crippen LogP contribution is -2.26. The van der Waals surface area contributed by atoms with Crippen molar-refractivity contribution in [1.29, 1.82) is 0 Å². The van der Waals surface area contributed by atoms with Gasteiger partial charge >= 0.3 is 0 Å². The van der Waals surface area contributed by atoms with Gasteiger partial charge in [0.15, 0.2) is 0 Å². The summed E-state index contributed by atoms with van der Waals surface area (Å²) in [7, 11) is -3.47. The van der Waals surface area contributed by atoms with Crippen molar-refractivity contribution < 1.29 is 8.42 Å². The van der Waals surface area contributed by atoms with Crippen LogP contribution in [0.3, 0.4) is 0 Å². The quantitative estimate of drug-likeness (QED) is 0.857. The van der Waals surface area contributed by atoms with Gasteiger partial charge in [-0.25, -0.2) is 13.1 Å². The van der Waals surface area contributed by atoms with Gasteiger partial charge in [0.1, 0.15) is 0 Å². The molecule has 0 radical (unpaired) electrons. The van der Waals surface area contributed by atoms with E-state index in [2.05, 4.69) is 4.72 Å². The number of nitrogens with one attached hydrogen (secondary N) is 1. The number of benzene rings is 2. The van der Waals surface area contributed by atoms with Crippen LogP contribution < -0.4 is 10.5 Å². The Bertz CT molecular complexity index is 697. The average Bonchev–Trinajstić information content (AvgIpc) is 2.48. The monoisotopic (exact) mass is 304 g/mol. The van der Waals surface area contributed by atoms with Crippen molar-refractivity contribution in [3.05, 3.63) is 65.2 Å². The number of hydrogen-bond donors (Lipinski definition) is 2. The third-order valence-corrected chi connectivity index (χ3v) is 4.85. The summed E-state index contributed by atoms with van der Waals surface area (Å²) in [6.07, 6.45) is 0.667. The maximum atomic E-state index is 12.2. The van der Waals surface area contributed by atoms with Gasteiger partial charge in [-0.05, 0) is 42.2 Å². The predicted molar refractivity (Wildman–Crippen MR) is 84.4 cm³/mol. The Morgan fingerprint density at radius 2 is 1.81 bits per heavy atom. The van der Waals surface area contributed by atoms with E-state index in [1.165, 1.54) is 0 Å². The number of rotatable bonds is 6. The fourth-order valence-corrected chi connectivity index (χ4v) is 3.24. The molecule has 3 N–H and O–H groups in total. The minimum Gasteiger partial charge on any atom is -0.326 e. The van der Waals surface area contributed by atoms with Gasteiger partial charge in [-0.2, -0.15) is 0 Å². The zero-order valence-corrected chi connectivity index (χ0v) is 12.9. The van der Waals surface area contributed by atoms with E-state index in [0.29, 0.717) is 19.5 Å². The van der Waals surface area contributed by atoms with Gasteiger partial charge in [0.25, 0.3) is 0 Å². The highest BCUT2D eigenvalue weighted by Crippen LogP contribution is 2.15. The molecule has 2 aromatic carbocycles. The lowest BCUT2D eigenvalue weighted by atomic mass is 10.1. The summed E-state index contributed by atoms with van der Waals surface area (Å²) < 4.78 is 27.1. The van der Waals surface area contributed by atoms with E-state index in [0.717, 1.165) is 16.7 Å². The molecule has 0 saturated heterocycles. The van der Waals surface area contributed by atoms with Crippen LogP contribution in [-0.4, -0.2) is 15.0 Å². The molecule has 0 amide bonds. The molecule has 21 heavy (non-hydrogen) atoms. The summed E-state index contributed by atoms with van der Waals surface area (Å²) in [5.41, 5.74) is 8.54. The van der Waals surface area contributed by atoms with Crippen LogP contribution in [0.25, 0.3) is 0 Å². The summed E-state index contributed by atoms with van der Waals surface area (Å²) in [4.78, 5) is 0.283. The van der Waals surface area contributed by atoms with Gasteiger partial charge in [0.05, 0.1) is 4.90 Å². The Labute approximate surface area is 126 Å². The molecule has 112 valence electrons. The largest absolute Gasteiger partial charge is 0.326 e. The highest BCUT2D eigenvalue weighted by molar-refractivity contribution is 7.89. The molecule has 0 aliphatic rings. The number of sulfonamides is 1. The summed E-state index contributed by atoms with van der Waals surface area (Å²) in [6, 6.07) is 14.8. The normalized spacial score (nSPS) is 11.5. The second-order valence-corrected chi connectivity index (χ2v) is 6.69. The molecule has 2 aromatic rings. The molecule has 0 aliphatic carbocycles. The molecule has 2 rings (SSSR count). The topological polar surface area (TPSA) is 72.2 Å². The van der Waals surface area contributed by atoms with E-state index in [1.54, 1.807) is 18.2 Å². The molecule has 0 aliphatic heterocycles. The first-order valence-corrected chi connectivity index (χ1v) is 8.34. The highest BCUT2D eigenvalue weighted by Gasteiger charge is 2.14. The second kappa shape index (κ2) is 6.85. The van der Waals surface area contributed by atoms with E-state index in [-0.39, 0.29) is 4.90 Å². The molecule has 0 fully saturated rings. The Kier molecular flexibility index (Phi) is 5.12. The van der Waals surface area contributed by atoms with E-state index >= 15 is 0 Å². The van der Waals surface area contributed by atoms with Crippen LogP contribution in [0, 0.1) is 6.92 Å². The smallest absolute Gasteiger partial charge is 0.240 e. The SMILES string of the molecule is Cc1cc(S(=O)(=O)NCCc2ccccc2)ccc1CN. The molecule has 0 unspecified atom stereocenters. The summed E-state index contributed by atoms with van der Waals surface area (Å²) in [5.74, 6) is 0. The fourth-order valence-electron chi connectivity index (χ4n) is 2.12. The zero-order valence-electron chi connectivity index (χ0n) is 12.0. The van der Waals surface area contributed by atoms with Gasteiger partial charge in [0, 0.05) is 13.1 Å². The van der Waals surface area contributed by atoms with Gasteiger partial charge < -0.3 is 5.73 Å². The summed E-state index contributed by atoms with van der Waals surface area (Å²) in [6.45, 7) is 2.66. The van der Waals surface area contributed by atoms with E-state index in [9.17, 15) is 8.42 Å². The molecular formula is C16H20N2O2S. The van der Waals surface area contributed by atoms with Gasteiger partial charge in [-0.1, -0.05) is 36.4 Å². The van der Waals surface area contributed by atoms with Gasteiger partial charge in [-0.3, -0.25) is 0 Å². The number of aryl methyl sites for hydroxylation is 1. The van der Waals surface area contributed by atoms with E-state index in [1.807, 2.05) is 37.3 Å². The lowest BCUT2D eigenvalue weighted by Gasteiger charge is -2.09. The third kappa shape index (κ3) is 4.14. The van der Waals surface area contributed by atoms with Crippen molar-refractivity contribution in [3.63, 3.8) is 0 Å². The van der Waals surface area contributed by atoms with Crippen molar-refractivity contribution in [3.8, 4) is 0 Å². The van der Waals surface area contributed by atoms with E-state index in [4.69, 9.17) is 5.73 Å². The van der Waals surface area contributed by atoms with Crippen molar-refractivity contribution in [2.24, 2.45) is 5.73 Å². The minimum absolute atomic E-state index is 0.283. The van der Waals surface area contributed by atoms with Crippen molar-refractivity contribution in [2.75, 3.05) is 6.54 Å². The first-order valence-electron chi connectivity index (χ1n) is 6.86. The van der Waals surface area contributed by atoms with E-state index < -0.39 is 10.0 Å². The molecule has 0 aromatic heterocycles.